The van der Waals surface area contributed by atoms with Gasteiger partial charge in [0.05, 0.1) is 32.3 Å². The first-order valence-corrected chi connectivity index (χ1v) is 32.0. The van der Waals surface area contributed by atoms with Gasteiger partial charge in [-0.3, -0.25) is 9.59 Å². The number of hydrogen-bond acceptors (Lipinski definition) is 8. The molecule has 2 aliphatic heterocycles. The van der Waals surface area contributed by atoms with Crippen LogP contribution in [-0.4, -0.2) is 35.7 Å². The summed E-state index contributed by atoms with van der Waals surface area (Å²) in [5, 5.41) is 10.1. The summed E-state index contributed by atoms with van der Waals surface area (Å²) in [5.74, 6) is 1.09. The molecular formula is C62H70N2O2S6. The summed E-state index contributed by atoms with van der Waals surface area (Å²) in [7, 11) is 3.66. The van der Waals surface area contributed by atoms with Crippen molar-refractivity contribution in [2.24, 2.45) is 11.8 Å². The van der Waals surface area contributed by atoms with Crippen LogP contribution in [-0.2, 0) is 22.4 Å². The second-order valence-corrected chi connectivity index (χ2v) is 26.6. The molecule has 376 valence electrons. The van der Waals surface area contributed by atoms with E-state index < -0.39 is 0 Å². The summed E-state index contributed by atoms with van der Waals surface area (Å²) in [6.45, 7) is 9.36. The number of thiophene rings is 6. The minimum atomic E-state index is -0.116. The van der Waals surface area contributed by atoms with E-state index in [0.29, 0.717) is 28.7 Å². The number of hydrogen-bond donors (Lipinski definition) is 0. The van der Waals surface area contributed by atoms with Gasteiger partial charge in [-0.1, -0.05) is 143 Å². The Balaban J connectivity index is 1.11. The molecule has 2 atom stereocenters. The highest BCUT2D eigenvalue weighted by atomic mass is 32.1. The summed E-state index contributed by atoms with van der Waals surface area (Å²) in [4.78, 5) is 41.5. The van der Waals surface area contributed by atoms with E-state index in [9.17, 15) is 9.59 Å². The summed E-state index contributed by atoms with van der Waals surface area (Å²) in [6, 6.07) is 27.4. The van der Waals surface area contributed by atoms with Crippen molar-refractivity contribution < 1.29 is 9.59 Å². The van der Waals surface area contributed by atoms with Crippen LogP contribution in [0.5, 0.6) is 0 Å². The molecule has 2 aliphatic rings. The number of benzene rings is 2. The van der Waals surface area contributed by atoms with E-state index in [-0.39, 0.29) is 11.8 Å². The van der Waals surface area contributed by atoms with Crippen LogP contribution < -0.4 is 0 Å². The molecule has 0 saturated heterocycles. The Bertz CT molecular complexity index is 3220. The molecule has 2 unspecified atom stereocenters. The van der Waals surface area contributed by atoms with Crippen LogP contribution in [0.1, 0.15) is 151 Å². The highest BCUT2D eigenvalue weighted by Gasteiger charge is 2.47. The van der Waals surface area contributed by atoms with Crippen LogP contribution in [0.15, 0.2) is 94.7 Å². The molecule has 0 aliphatic carbocycles. The van der Waals surface area contributed by atoms with Crippen LogP contribution in [0.3, 0.4) is 0 Å². The molecule has 0 bridgehead atoms. The SMILES string of the molecule is CCCCCCC(CCCC)Cc1cc2cc(-c3ccc(C4=C5C(=O)N(C)C(c6ccc(-c7cccs7)s6)=C5C(=O)N4C)s3)sc2c2c(CC(CCCC)CCCCCC)cc3cc(-c4cccs4)sc3c12. The number of fused-ring (bicyclic) bond motifs is 6. The molecule has 10 heteroatoms. The molecular weight excluding hydrogens is 997 g/mol. The molecule has 72 heavy (non-hydrogen) atoms. The van der Waals surface area contributed by atoms with Crippen LogP contribution in [0, 0.1) is 11.8 Å². The molecule has 0 saturated carbocycles. The van der Waals surface area contributed by atoms with Crippen molar-refractivity contribution in [2.75, 3.05) is 14.1 Å². The maximum Gasteiger partial charge on any atom is 0.261 e. The van der Waals surface area contributed by atoms with Gasteiger partial charge in [-0.15, -0.1) is 68.0 Å². The Hall–Kier alpha value is -4.16. The molecule has 0 radical (unpaired) electrons. The van der Waals surface area contributed by atoms with E-state index in [1.165, 1.54) is 169 Å². The minimum Gasteiger partial charge on any atom is -0.309 e. The van der Waals surface area contributed by atoms with E-state index in [1.807, 2.05) is 48.1 Å². The summed E-state index contributed by atoms with van der Waals surface area (Å²) in [6.07, 6.45) is 22.9. The summed E-state index contributed by atoms with van der Waals surface area (Å²) in [5.41, 5.74) is 5.56. The van der Waals surface area contributed by atoms with Gasteiger partial charge in [0.2, 0.25) is 0 Å². The number of rotatable bonds is 25. The molecule has 0 N–H and O–H groups in total. The van der Waals surface area contributed by atoms with Gasteiger partial charge in [0.15, 0.2) is 0 Å². The van der Waals surface area contributed by atoms with Gasteiger partial charge < -0.3 is 9.80 Å². The lowest BCUT2D eigenvalue weighted by atomic mass is 9.84. The second-order valence-electron chi connectivity index (χ2n) is 20.5. The van der Waals surface area contributed by atoms with Crippen LogP contribution in [0.4, 0.5) is 0 Å². The third-order valence-corrected chi connectivity index (χ3v) is 22.1. The lowest BCUT2D eigenvalue weighted by molar-refractivity contribution is -0.123. The molecule has 2 aromatic carbocycles. The Morgan fingerprint density at radius 2 is 0.833 bits per heavy atom. The molecule has 10 rings (SSSR count). The molecule has 4 nitrogen and oxygen atoms in total. The normalized spacial score (nSPS) is 15.0. The van der Waals surface area contributed by atoms with Gasteiger partial charge in [-0.25, -0.2) is 0 Å². The number of unbranched alkanes of at least 4 members (excludes halogenated alkanes) is 8. The zero-order valence-electron chi connectivity index (χ0n) is 43.1. The van der Waals surface area contributed by atoms with E-state index in [0.717, 1.165) is 33.2 Å². The van der Waals surface area contributed by atoms with Gasteiger partial charge >= 0.3 is 0 Å². The molecule has 2 amide bonds. The number of nitrogens with zero attached hydrogens (tertiary/aromatic N) is 2. The van der Waals surface area contributed by atoms with E-state index in [2.05, 4.69) is 111 Å². The number of carbonyl (C=O) groups excluding carboxylic acids is 2. The average molecular weight is 1070 g/mol. The fourth-order valence-corrected chi connectivity index (χ4v) is 17.9. The molecule has 8 aromatic rings. The Morgan fingerprint density at radius 3 is 1.26 bits per heavy atom. The van der Waals surface area contributed by atoms with E-state index in [1.54, 1.807) is 43.8 Å². The lowest BCUT2D eigenvalue weighted by Crippen LogP contribution is -2.24. The minimum absolute atomic E-state index is 0.116. The maximum absolute atomic E-state index is 14.3. The number of carbonyl (C=O) groups is 2. The maximum atomic E-state index is 14.3. The average Bonchev–Trinajstić information content (AvgIpc) is 4.25. The first-order valence-electron chi connectivity index (χ1n) is 27.0. The van der Waals surface area contributed by atoms with Gasteiger partial charge in [-0.05, 0) is 118 Å². The van der Waals surface area contributed by atoms with Crippen molar-refractivity contribution in [1.82, 2.24) is 9.80 Å². The van der Waals surface area contributed by atoms with Gasteiger partial charge in [0.1, 0.15) is 0 Å². The fourth-order valence-electron chi connectivity index (χ4n) is 11.5. The van der Waals surface area contributed by atoms with Crippen molar-refractivity contribution in [3.05, 3.63) is 116 Å². The molecule has 0 spiro atoms. The predicted octanol–water partition coefficient (Wildman–Crippen LogP) is 20.2. The van der Waals surface area contributed by atoms with Crippen LogP contribution in [0.2, 0.25) is 0 Å². The Labute approximate surface area is 452 Å². The molecule has 8 heterocycles. The van der Waals surface area contributed by atoms with E-state index in [4.69, 9.17) is 0 Å². The molecule has 0 fully saturated rings. The zero-order chi connectivity index (χ0) is 49.9. The lowest BCUT2D eigenvalue weighted by Gasteiger charge is -2.22. The van der Waals surface area contributed by atoms with Gasteiger partial charge in [-0.2, -0.15) is 0 Å². The smallest absolute Gasteiger partial charge is 0.261 e. The number of likely N-dealkylation sites (N-methyl/N-ethyl adjacent to an activating group) is 2. The van der Waals surface area contributed by atoms with Crippen LogP contribution >= 0.6 is 68.0 Å². The molecule has 6 aromatic heterocycles. The summed E-state index contributed by atoms with van der Waals surface area (Å²) < 4.78 is 2.86. The topological polar surface area (TPSA) is 40.6 Å². The first-order chi connectivity index (χ1) is 35.2. The largest absolute Gasteiger partial charge is 0.309 e. The third kappa shape index (κ3) is 10.3. The van der Waals surface area contributed by atoms with Crippen molar-refractivity contribution in [3.63, 3.8) is 0 Å². The van der Waals surface area contributed by atoms with Gasteiger partial charge in [0, 0.05) is 63.5 Å². The fraction of sp³-hybridized carbons (Fsp3) is 0.419. The Morgan fingerprint density at radius 1 is 0.431 bits per heavy atom. The van der Waals surface area contributed by atoms with Crippen molar-refractivity contribution >= 4 is 122 Å². The van der Waals surface area contributed by atoms with Gasteiger partial charge in [0.25, 0.3) is 11.8 Å². The first kappa shape index (κ1) is 51.3. The second kappa shape index (κ2) is 23.2. The highest BCUT2D eigenvalue weighted by molar-refractivity contribution is 7.28. The van der Waals surface area contributed by atoms with Crippen molar-refractivity contribution in [3.8, 4) is 29.3 Å². The monoisotopic (exact) mass is 1070 g/mol. The van der Waals surface area contributed by atoms with Crippen LogP contribution in [0.25, 0.3) is 71.6 Å². The Kier molecular flexibility index (Phi) is 16.5. The van der Waals surface area contributed by atoms with E-state index >= 15 is 0 Å². The van der Waals surface area contributed by atoms with Crippen molar-refractivity contribution in [2.45, 2.75) is 143 Å². The van der Waals surface area contributed by atoms with Crippen molar-refractivity contribution in [1.29, 1.82) is 0 Å². The predicted molar refractivity (Wildman–Crippen MR) is 319 cm³/mol. The highest BCUT2D eigenvalue weighted by Crippen LogP contribution is 2.52. The quantitative estimate of drug-likeness (QED) is 0.0535. The standard InChI is InChI=1S/C62H70N2O2S6/c1-7-11-15-17-23-39(21-13-9-3)33-41-35-43-37-51(46-26-20-32-68-46)71-59(43)53-42(34-40(22-14-10-4)24-18-16-12-8-2)36-44-38-52(72-60(44)54(41)53)48-28-30-50(70-48)58-56-55(61(65)64(58)6)57(63(5)62(56)66)49-29-27-47(69-49)45-25-19-31-67-45/h19-20,25-32,35-40H,7-18,21-24,33-34H2,1-6H3. The summed E-state index contributed by atoms with van der Waals surface area (Å²) >= 11 is 10.9. The third-order valence-electron chi connectivity index (χ3n) is 15.3. The number of amides is 2. The zero-order valence-corrected chi connectivity index (χ0v) is 48.0.